The Bertz CT molecular complexity index is 2070. The highest BCUT2D eigenvalue weighted by Gasteiger charge is 2.38. The largest absolute Gasteiger partial charge is 0.490 e. The van der Waals surface area contributed by atoms with E-state index in [0.717, 1.165) is 54.0 Å². The molecule has 266 valence electrons. The number of aryl methyl sites for hydroxylation is 1. The lowest BCUT2D eigenvalue weighted by Crippen LogP contribution is -2.33. The van der Waals surface area contributed by atoms with Crippen LogP contribution in [0.3, 0.4) is 0 Å². The van der Waals surface area contributed by atoms with Crippen molar-refractivity contribution in [1.82, 2.24) is 34.4 Å². The summed E-state index contributed by atoms with van der Waals surface area (Å²) in [7, 11) is 0. The number of nitrogens with zero attached hydrogens (tertiary/aromatic N) is 8. The Labute approximate surface area is 288 Å². The van der Waals surface area contributed by atoms with Gasteiger partial charge < -0.3 is 19.5 Å². The molecule has 17 heteroatoms. The Morgan fingerprint density at radius 2 is 1.82 bits per heavy atom. The fourth-order valence-corrected chi connectivity index (χ4v) is 5.75. The third kappa shape index (κ3) is 8.83. The third-order valence-corrected chi connectivity index (χ3v) is 8.37. The monoisotopic (exact) mass is 708 g/mol. The molecular formula is C34H32F4N8O5. The summed E-state index contributed by atoms with van der Waals surface area (Å²) in [4.78, 5) is 32.3. The average molecular weight is 709 g/mol. The maximum absolute atomic E-state index is 14.4. The molecule has 0 atom stereocenters. The second-order valence-electron chi connectivity index (χ2n) is 11.6. The number of pyridine rings is 1. The van der Waals surface area contributed by atoms with E-state index in [4.69, 9.17) is 24.9 Å². The van der Waals surface area contributed by atoms with Crippen molar-refractivity contribution in [2.24, 2.45) is 0 Å². The molecular weight excluding hydrogens is 676 g/mol. The quantitative estimate of drug-likeness (QED) is 0.178. The van der Waals surface area contributed by atoms with Crippen molar-refractivity contribution < 1.29 is 42.1 Å². The normalized spacial score (nSPS) is 13.7. The number of carboxylic acids is 2. The van der Waals surface area contributed by atoms with Crippen LogP contribution in [0.5, 0.6) is 5.88 Å². The van der Waals surface area contributed by atoms with Gasteiger partial charge in [0.1, 0.15) is 18.2 Å². The molecule has 2 N–H and O–H groups in total. The smallest absolute Gasteiger partial charge is 0.478 e. The number of aliphatic carboxylic acids is 1. The first kappa shape index (κ1) is 36.4. The number of alkyl halides is 3. The molecule has 0 aliphatic carbocycles. The highest BCUT2D eigenvalue weighted by atomic mass is 19.4. The minimum Gasteiger partial charge on any atom is -0.478 e. The number of hydrogen-bond donors (Lipinski definition) is 2. The summed E-state index contributed by atoms with van der Waals surface area (Å²) < 4.78 is 56.0. The van der Waals surface area contributed by atoms with Gasteiger partial charge in [0.05, 0.1) is 53.2 Å². The van der Waals surface area contributed by atoms with E-state index in [-0.39, 0.29) is 23.7 Å². The Balaban J connectivity index is 0.000000654. The summed E-state index contributed by atoms with van der Waals surface area (Å²) in [6.07, 6.45) is 0.0741. The Morgan fingerprint density at radius 3 is 2.47 bits per heavy atom. The highest BCUT2D eigenvalue weighted by Crippen LogP contribution is 2.34. The number of carbonyl (C=O) groups is 2. The minimum atomic E-state index is -5.08. The van der Waals surface area contributed by atoms with Crippen molar-refractivity contribution in [3.05, 3.63) is 101 Å². The van der Waals surface area contributed by atoms with Gasteiger partial charge in [0, 0.05) is 23.9 Å². The lowest BCUT2D eigenvalue weighted by atomic mass is 9.90. The summed E-state index contributed by atoms with van der Waals surface area (Å²) in [6.45, 7) is 5.42. The summed E-state index contributed by atoms with van der Waals surface area (Å²) >= 11 is 0. The van der Waals surface area contributed by atoms with Gasteiger partial charge in [0.15, 0.2) is 0 Å². The van der Waals surface area contributed by atoms with E-state index in [1.807, 2.05) is 29.8 Å². The van der Waals surface area contributed by atoms with Crippen molar-refractivity contribution in [1.29, 1.82) is 5.26 Å². The second kappa shape index (κ2) is 15.8. The SMILES string of the molecule is CCn1nncc1Cn1c(CN2CCC(c3cccnc3OCc3ccc(C#N)cc3F)CC2)nc2ccc(C(=O)O)cc21.O=C(O)C(F)(F)F. The predicted molar refractivity (Wildman–Crippen MR) is 172 cm³/mol. The van der Waals surface area contributed by atoms with Crippen LogP contribution in [0.4, 0.5) is 17.6 Å². The topological polar surface area (TPSA) is 172 Å². The summed E-state index contributed by atoms with van der Waals surface area (Å²) in [6, 6.07) is 15.2. The molecule has 6 rings (SSSR count). The standard InChI is InChI=1S/C32H31FN8O3.C2HF3O2/c1-2-41-25(17-36-38-41)18-40-29-15-23(32(42)43)7-8-28(29)37-30(40)19-39-12-9-22(10-13-39)26-4-3-11-35-31(26)44-20-24-6-5-21(16-34)14-27(24)33;3-2(4,5)1(6)7/h3-8,11,14-15,17,22H,2,9-10,12-13,18-20H2,1H3,(H,42,43);(H,6,7). The van der Waals surface area contributed by atoms with Crippen LogP contribution in [0.1, 0.15) is 64.2 Å². The fraction of sp³-hybridized carbons (Fsp3) is 0.324. The van der Waals surface area contributed by atoms with Crippen LogP contribution in [0.25, 0.3) is 11.0 Å². The lowest BCUT2D eigenvalue weighted by Gasteiger charge is -2.32. The predicted octanol–water partition coefficient (Wildman–Crippen LogP) is 5.39. The van der Waals surface area contributed by atoms with Crippen LogP contribution in [0, 0.1) is 17.1 Å². The zero-order chi connectivity index (χ0) is 36.7. The van der Waals surface area contributed by atoms with Crippen LogP contribution >= 0.6 is 0 Å². The van der Waals surface area contributed by atoms with E-state index in [2.05, 4.69) is 24.8 Å². The number of piperidine rings is 1. The number of hydrogen-bond acceptors (Lipinski definition) is 9. The maximum Gasteiger partial charge on any atom is 0.490 e. The van der Waals surface area contributed by atoms with Crippen molar-refractivity contribution in [3.8, 4) is 11.9 Å². The number of likely N-dealkylation sites (tertiary alicyclic amines) is 1. The first-order valence-electron chi connectivity index (χ1n) is 15.8. The van der Waals surface area contributed by atoms with E-state index >= 15 is 0 Å². The van der Waals surface area contributed by atoms with Gasteiger partial charge in [-0.2, -0.15) is 18.4 Å². The molecule has 0 amide bonds. The van der Waals surface area contributed by atoms with Crippen molar-refractivity contribution in [2.45, 2.75) is 58.1 Å². The summed E-state index contributed by atoms with van der Waals surface area (Å²) in [5, 5.41) is 33.9. The van der Waals surface area contributed by atoms with Crippen molar-refractivity contribution in [3.63, 3.8) is 0 Å². The Hall–Kier alpha value is -5.89. The molecule has 3 aromatic heterocycles. The van der Waals surface area contributed by atoms with Crippen LogP contribution in [-0.4, -0.2) is 75.8 Å². The number of fused-ring (bicyclic) bond motifs is 1. The van der Waals surface area contributed by atoms with Crippen LogP contribution in [-0.2, 0) is 31.0 Å². The van der Waals surface area contributed by atoms with Gasteiger partial charge >= 0.3 is 18.1 Å². The molecule has 0 unspecified atom stereocenters. The van der Waals surface area contributed by atoms with Gasteiger partial charge in [-0.25, -0.2) is 28.6 Å². The van der Waals surface area contributed by atoms with Crippen molar-refractivity contribution >= 4 is 23.0 Å². The number of halogens is 4. The number of aromatic nitrogens is 6. The third-order valence-electron chi connectivity index (χ3n) is 8.37. The maximum atomic E-state index is 14.4. The number of imidazole rings is 1. The molecule has 1 saturated heterocycles. The molecule has 13 nitrogen and oxygen atoms in total. The van der Waals surface area contributed by atoms with E-state index in [1.165, 1.54) is 6.07 Å². The zero-order valence-electron chi connectivity index (χ0n) is 27.2. The van der Waals surface area contributed by atoms with Gasteiger partial charge in [0.25, 0.3) is 0 Å². The van der Waals surface area contributed by atoms with E-state index in [9.17, 15) is 27.5 Å². The molecule has 0 saturated carbocycles. The van der Waals surface area contributed by atoms with Crippen LogP contribution in [0.15, 0.2) is 60.9 Å². The molecule has 1 aliphatic rings. The van der Waals surface area contributed by atoms with Gasteiger partial charge in [-0.1, -0.05) is 17.3 Å². The highest BCUT2D eigenvalue weighted by molar-refractivity contribution is 5.92. The van der Waals surface area contributed by atoms with Gasteiger partial charge in [-0.15, -0.1) is 5.10 Å². The van der Waals surface area contributed by atoms with Gasteiger partial charge in [-0.05, 0) is 75.2 Å². The number of rotatable bonds is 10. The number of ether oxygens (including phenoxy) is 1. The number of carboxylic acid groups (broad SMARTS) is 2. The molecule has 5 aromatic rings. The lowest BCUT2D eigenvalue weighted by molar-refractivity contribution is -0.192. The van der Waals surface area contributed by atoms with E-state index < -0.39 is 23.9 Å². The first-order chi connectivity index (χ1) is 24.4. The van der Waals surface area contributed by atoms with Gasteiger partial charge in [-0.3, -0.25) is 4.90 Å². The molecule has 4 heterocycles. The zero-order valence-corrected chi connectivity index (χ0v) is 27.2. The molecule has 1 fully saturated rings. The molecule has 1 aliphatic heterocycles. The number of nitriles is 1. The van der Waals surface area contributed by atoms with E-state index in [1.54, 1.807) is 42.7 Å². The second-order valence-corrected chi connectivity index (χ2v) is 11.6. The first-order valence-corrected chi connectivity index (χ1v) is 15.8. The molecule has 0 radical (unpaired) electrons. The van der Waals surface area contributed by atoms with E-state index in [0.29, 0.717) is 31.1 Å². The van der Waals surface area contributed by atoms with Crippen LogP contribution in [0.2, 0.25) is 0 Å². The van der Waals surface area contributed by atoms with Crippen LogP contribution < -0.4 is 4.74 Å². The molecule has 51 heavy (non-hydrogen) atoms. The summed E-state index contributed by atoms with van der Waals surface area (Å²) in [5.74, 6) is -2.65. The van der Waals surface area contributed by atoms with Gasteiger partial charge in [0.2, 0.25) is 5.88 Å². The summed E-state index contributed by atoms with van der Waals surface area (Å²) in [5.41, 5.74) is 4.26. The van der Waals surface area contributed by atoms with Crippen molar-refractivity contribution in [2.75, 3.05) is 13.1 Å². The average Bonchev–Trinajstić information content (AvgIpc) is 3.71. The molecule has 2 aromatic carbocycles. The molecule has 0 spiro atoms. The number of aromatic carboxylic acids is 1. The molecule has 0 bridgehead atoms. The Morgan fingerprint density at radius 1 is 1.08 bits per heavy atom. The fourth-order valence-electron chi connectivity index (χ4n) is 5.75. The minimum absolute atomic E-state index is 0.0205. The Kier molecular flexibility index (Phi) is 11.2. The number of benzene rings is 2.